The molecule has 0 amide bonds. The van der Waals surface area contributed by atoms with Crippen molar-refractivity contribution in [2.24, 2.45) is 5.92 Å². The lowest BCUT2D eigenvalue weighted by Crippen LogP contribution is -2.41. The highest BCUT2D eigenvalue weighted by Crippen LogP contribution is 2.42. The van der Waals surface area contributed by atoms with Crippen molar-refractivity contribution in [3.05, 3.63) is 35.4 Å². The van der Waals surface area contributed by atoms with E-state index in [1.54, 1.807) is 0 Å². The van der Waals surface area contributed by atoms with Crippen LogP contribution in [0.2, 0.25) is 0 Å². The Balaban J connectivity index is 1.71. The van der Waals surface area contributed by atoms with Gasteiger partial charge in [0.1, 0.15) is 0 Å². The summed E-state index contributed by atoms with van der Waals surface area (Å²) in [7, 11) is 2.25. The van der Waals surface area contributed by atoms with Gasteiger partial charge in [0.25, 0.3) is 0 Å². The molecular weight excluding hydrogens is 246 g/mol. The summed E-state index contributed by atoms with van der Waals surface area (Å²) in [4.78, 5) is 2.53. The molecule has 3 unspecified atom stereocenters. The SMILES string of the molecule is CC(C)c1ccc(C(O)C2CC3CCC(C2)N3C)cc1. The molecule has 1 N–H and O–H groups in total. The van der Waals surface area contributed by atoms with E-state index in [4.69, 9.17) is 0 Å². The third kappa shape index (κ3) is 2.51. The van der Waals surface area contributed by atoms with Gasteiger partial charge in [-0.1, -0.05) is 38.1 Å². The summed E-state index contributed by atoms with van der Waals surface area (Å²) in [6.07, 6.45) is 4.65. The molecule has 3 atom stereocenters. The maximum Gasteiger partial charge on any atom is 0.0819 e. The maximum atomic E-state index is 10.7. The van der Waals surface area contributed by atoms with Gasteiger partial charge in [-0.25, -0.2) is 0 Å². The Kier molecular flexibility index (Phi) is 3.87. The van der Waals surface area contributed by atoms with Crippen molar-refractivity contribution >= 4 is 0 Å². The molecule has 2 bridgehead atoms. The van der Waals surface area contributed by atoms with E-state index in [0.29, 0.717) is 23.9 Å². The zero-order valence-electron chi connectivity index (χ0n) is 12.9. The smallest absolute Gasteiger partial charge is 0.0819 e. The third-order valence-corrected chi connectivity index (χ3v) is 5.53. The van der Waals surface area contributed by atoms with Crippen molar-refractivity contribution in [1.82, 2.24) is 4.90 Å². The summed E-state index contributed by atoms with van der Waals surface area (Å²) >= 11 is 0. The highest BCUT2D eigenvalue weighted by molar-refractivity contribution is 5.26. The molecule has 2 fully saturated rings. The number of fused-ring (bicyclic) bond motifs is 2. The van der Waals surface area contributed by atoms with Crippen LogP contribution in [0.4, 0.5) is 0 Å². The summed E-state index contributed by atoms with van der Waals surface area (Å²) in [6, 6.07) is 9.99. The second kappa shape index (κ2) is 5.50. The number of aliphatic hydroxyl groups is 1. The van der Waals surface area contributed by atoms with Crippen LogP contribution < -0.4 is 0 Å². The van der Waals surface area contributed by atoms with Crippen LogP contribution >= 0.6 is 0 Å². The molecule has 2 aliphatic rings. The summed E-state index contributed by atoms with van der Waals surface area (Å²) in [6.45, 7) is 4.42. The van der Waals surface area contributed by atoms with Gasteiger partial charge in [-0.15, -0.1) is 0 Å². The first kappa shape index (κ1) is 14.1. The van der Waals surface area contributed by atoms with Crippen LogP contribution in [0.5, 0.6) is 0 Å². The van der Waals surface area contributed by atoms with Gasteiger partial charge in [-0.2, -0.15) is 0 Å². The van der Waals surface area contributed by atoms with E-state index in [0.717, 1.165) is 18.4 Å². The molecule has 1 aromatic rings. The number of benzene rings is 1. The first-order chi connectivity index (χ1) is 9.56. The van der Waals surface area contributed by atoms with E-state index in [1.807, 2.05) is 0 Å². The summed E-state index contributed by atoms with van der Waals surface area (Å²) in [5, 5.41) is 10.7. The molecule has 2 saturated heterocycles. The fourth-order valence-corrected chi connectivity index (χ4v) is 4.06. The van der Waals surface area contributed by atoms with Crippen molar-refractivity contribution in [3.63, 3.8) is 0 Å². The first-order valence-corrected chi connectivity index (χ1v) is 8.06. The second-order valence-corrected chi connectivity index (χ2v) is 7.05. The number of aliphatic hydroxyl groups excluding tert-OH is 1. The average molecular weight is 273 g/mol. The molecule has 0 aromatic heterocycles. The molecule has 110 valence electrons. The van der Waals surface area contributed by atoms with Crippen molar-refractivity contribution in [2.75, 3.05) is 7.05 Å². The average Bonchev–Trinajstić information content (AvgIpc) is 2.68. The maximum absolute atomic E-state index is 10.7. The lowest BCUT2D eigenvalue weighted by molar-refractivity contribution is 0.0356. The minimum absolute atomic E-state index is 0.284. The van der Waals surface area contributed by atoms with Gasteiger partial charge < -0.3 is 10.0 Å². The van der Waals surface area contributed by atoms with Crippen LogP contribution in [0.25, 0.3) is 0 Å². The van der Waals surface area contributed by atoms with Crippen molar-refractivity contribution in [2.45, 2.75) is 63.6 Å². The Labute approximate surface area is 122 Å². The molecule has 0 saturated carbocycles. The molecular formula is C18H27NO. The van der Waals surface area contributed by atoms with Crippen LogP contribution in [0.1, 0.15) is 62.7 Å². The summed E-state index contributed by atoms with van der Waals surface area (Å²) in [5.74, 6) is 0.994. The molecule has 0 spiro atoms. The monoisotopic (exact) mass is 273 g/mol. The van der Waals surface area contributed by atoms with E-state index in [2.05, 4.69) is 50.1 Å². The van der Waals surface area contributed by atoms with Gasteiger partial charge in [-0.05, 0) is 55.7 Å². The standard InChI is InChI=1S/C18H27NO/c1-12(2)13-4-6-14(7-5-13)18(20)15-10-16-8-9-17(11-15)19(16)3/h4-7,12,15-18,20H,8-11H2,1-3H3. The lowest BCUT2D eigenvalue weighted by atomic mass is 9.83. The highest BCUT2D eigenvalue weighted by Gasteiger charge is 2.40. The summed E-state index contributed by atoms with van der Waals surface area (Å²) in [5.41, 5.74) is 2.45. The van der Waals surface area contributed by atoms with Gasteiger partial charge in [0.05, 0.1) is 6.10 Å². The van der Waals surface area contributed by atoms with E-state index < -0.39 is 0 Å². The van der Waals surface area contributed by atoms with Crippen LogP contribution in [0.3, 0.4) is 0 Å². The predicted octanol–water partition coefficient (Wildman–Crippen LogP) is 3.72. The molecule has 20 heavy (non-hydrogen) atoms. The fourth-order valence-electron chi connectivity index (χ4n) is 4.06. The Morgan fingerprint density at radius 1 is 1.00 bits per heavy atom. The Morgan fingerprint density at radius 2 is 1.50 bits per heavy atom. The van der Waals surface area contributed by atoms with Gasteiger partial charge in [0.2, 0.25) is 0 Å². The van der Waals surface area contributed by atoms with Crippen molar-refractivity contribution in [1.29, 1.82) is 0 Å². The van der Waals surface area contributed by atoms with Crippen molar-refractivity contribution < 1.29 is 5.11 Å². The largest absolute Gasteiger partial charge is 0.388 e. The first-order valence-electron chi connectivity index (χ1n) is 8.06. The molecule has 2 aliphatic heterocycles. The number of hydrogen-bond donors (Lipinski definition) is 1. The quantitative estimate of drug-likeness (QED) is 0.907. The van der Waals surface area contributed by atoms with Gasteiger partial charge >= 0.3 is 0 Å². The van der Waals surface area contributed by atoms with Crippen molar-refractivity contribution in [3.8, 4) is 0 Å². The van der Waals surface area contributed by atoms with Gasteiger partial charge in [0, 0.05) is 12.1 Å². The van der Waals surface area contributed by atoms with Crippen LogP contribution in [0, 0.1) is 5.92 Å². The number of nitrogens with zero attached hydrogens (tertiary/aromatic N) is 1. The van der Waals surface area contributed by atoms with Crippen LogP contribution in [0.15, 0.2) is 24.3 Å². The molecule has 2 nitrogen and oxygen atoms in total. The molecule has 2 heteroatoms. The van der Waals surface area contributed by atoms with Gasteiger partial charge in [-0.3, -0.25) is 0 Å². The number of hydrogen-bond acceptors (Lipinski definition) is 2. The molecule has 2 heterocycles. The Bertz CT molecular complexity index is 439. The van der Waals surface area contributed by atoms with E-state index >= 15 is 0 Å². The van der Waals surface area contributed by atoms with E-state index in [9.17, 15) is 5.11 Å². The van der Waals surface area contributed by atoms with E-state index in [1.165, 1.54) is 18.4 Å². The molecule has 0 radical (unpaired) electrons. The zero-order valence-corrected chi connectivity index (χ0v) is 12.9. The topological polar surface area (TPSA) is 23.5 Å². The Morgan fingerprint density at radius 3 is 2.00 bits per heavy atom. The van der Waals surface area contributed by atoms with Crippen LogP contribution in [-0.2, 0) is 0 Å². The third-order valence-electron chi connectivity index (χ3n) is 5.53. The van der Waals surface area contributed by atoms with E-state index in [-0.39, 0.29) is 6.10 Å². The molecule has 3 rings (SSSR count). The van der Waals surface area contributed by atoms with Gasteiger partial charge in [0.15, 0.2) is 0 Å². The molecule has 0 aliphatic carbocycles. The minimum Gasteiger partial charge on any atom is -0.388 e. The lowest BCUT2D eigenvalue weighted by Gasteiger charge is -2.38. The minimum atomic E-state index is -0.284. The second-order valence-electron chi connectivity index (χ2n) is 7.05. The highest BCUT2D eigenvalue weighted by atomic mass is 16.3. The predicted molar refractivity (Wildman–Crippen MR) is 82.8 cm³/mol. The van der Waals surface area contributed by atoms with Crippen LogP contribution in [-0.4, -0.2) is 29.1 Å². The normalized spacial score (nSPS) is 31.8. The number of piperidine rings is 1. The Hall–Kier alpha value is -0.860. The molecule has 1 aromatic carbocycles. The zero-order chi connectivity index (χ0) is 14.3. The summed E-state index contributed by atoms with van der Waals surface area (Å²) < 4.78 is 0. The fraction of sp³-hybridized carbons (Fsp3) is 0.667. The number of rotatable bonds is 3.